The molecule has 0 aromatic carbocycles. The zero-order valence-electron chi connectivity index (χ0n) is 9.71. The van der Waals surface area contributed by atoms with E-state index in [1.807, 2.05) is 0 Å². The lowest BCUT2D eigenvalue weighted by atomic mass is 9.67. The smallest absolute Gasteiger partial charge is 0.243 e. The molecule has 0 bridgehead atoms. The Morgan fingerprint density at radius 1 is 1.31 bits per heavy atom. The quantitative estimate of drug-likeness (QED) is 0.330. The highest BCUT2D eigenvalue weighted by Crippen LogP contribution is 1.89. The van der Waals surface area contributed by atoms with Crippen LogP contribution in [0.25, 0.3) is 0 Å². The molecule has 0 saturated heterocycles. The van der Waals surface area contributed by atoms with Gasteiger partial charge >= 0.3 is 0 Å². The Balaban J connectivity index is 3.28. The van der Waals surface area contributed by atoms with Crippen LogP contribution in [0.5, 0.6) is 0 Å². The predicted octanol–water partition coefficient (Wildman–Crippen LogP) is 0.103. The average molecular weight is 221 g/mol. The molecule has 4 nitrogen and oxygen atoms in total. The Bertz CT molecular complexity index is 277. The Morgan fingerprint density at radius 3 is 2.56 bits per heavy atom. The first-order chi connectivity index (χ1) is 7.57. The van der Waals surface area contributed by atoms with Gasteiger partial charge < -0.3 is 15.4 Å². The summed E-state index contributed by atoms with van der Waals surface area (Å²) in [6.07, 6.45) is 1.90. The standard InChI is InChI=1S/C11H18BN2O2/c1-4-10(15)14-8-7-13-6-5-12-11(16)9(2)3/h4,13H,1-2,5-8H2,3H3,(H,14,15). The lowest BCUT2D eigenvalue weighted by Gasteiger charge is -2.04. The summed E-state index contributed by atoms with van der Waals surface area (Å²) in [7, 11) is 1.61. The SMILES string of the molecule is C=CC(=O)NCCNCC[B]C(=O)C(=C)C. The van der Waals surface area contributed by atoms with Crippen LogP contribution in [-0.4, -0.2) is 38.5 Å². The van der Waals surface area contributed by atoms with Crippen LogP contribution in [0, 0.1) is 0 Å². The molecule has 2 N–H and O–H groups in total. The number of rotatable bonds is 9. The molecule has 0 unspecified atom stereocenters. The molecule has 1 amide bonds. The lowest BCUT2D eigenvalue weighted by molar-refractivity contribution is -0.116. The summed E-state index contributed by atoms with van der Waals surface area (Å²) >= 11 is 0. The topological polar surface area (TPSA) is 58.2 Å². The fourth-order valence-electron chi connectivity index (χ4n) is 0.951. The van der Waals surface area contributed by atoms with Crippen molar-refractivity contribution in [1.29, 1.82) is 0 Å². The average Bonchev–Trinajstić information content (AvgIpc) is 2.26. The van der Waals surface area contributed by atoms with Crippen molar-refractivity contribution in [2.45, 2.75) is 13.2 Å². The van der Waals surface area contributed by atoms with Gasteiger partial charge in [0.25, 0.3) is 0 Å². The lowest BCUT2D eigenvalue weighted by Crippen LogP contribution is -2.31. The minimum absolute atomic E-state index is 0.0123. The Kier molecular flexibility index (Phi) is 8.16. The summed E-state index contributed by atoms with van der Waals surface area (Å²) < 4.78 is 0. The molecule has 16 heavy (non-hydrogen) atoms. The molecule has 5 heteroatoms. The highest BCUT2D eigenvalue weighted by molar-refractivity contribution is 6.77. The Labute approximate surface area is 97.4 Å². The first-order valence-corrected chi connectivity index (χ1v) is 5.22. The maximum atomic E-state index is 11.1. The van der Waals surface area contributed by atoms with E-state index in [9.17, 15) is 9.59 Å². The maximum absolute atomic E-state index is 11.1. The second kappa shape index (κ2) is 8.91. The van der Waals surface area contributed by atoms with E-state index in [4.69, 9.17) is 0 Å². The minimum atomic E-state index is -0.175. The molecule has 0 aliphatic carbocycles. The van der Waals surface area contributed by atoms with Crippen molar-refractivity contribution in [3.8, 4) is 0 Å². The van der Waals surface area contributed by atoms with Crippen LogP contribution in [-0.2, 0) is 9.59 Å². The molecular formula is C11H18BN2O2. The maximum Gasteiger partial charge on any atom is 0.243 e. The van der Waals surface area contributed by atoms with E-state index in [0.29, 0.717) is 31.5 Å². The van der Waals surface area contributed by atoms with E-state index in [2.05, 4.69) is 23.8 Å². The van der Waals surface area contributed by atoms with Crippen LogP contribution in [0.1, 0.15) is 6.92 Å². The number of hydrogen-bond donors (Lipinski definition) is 2. The van der Waals surface area contributed by atoms with Crippen molar-refractivity contribution in [2.75, 3.05) is 19.6 Å². The molecule has 0 aliphatic heterocycles. The van der Waals surface area contributed by atoms with Crippen molar-refractivity contribution >= 4 is 18.9 Å². The van der Waals surface area contributed by atoms with Gasteiger partial charge in [-0.25, -0.2) is 0 Å². The molecule has 0 spiro atoms. The third-order valence-electron chi connectivity index (χ3n) is 1.86. The fraction of sp³-hybridized carbons (Fsp3) is 0.455. The second-order valence-electron chi connectivity index (χ2n) is 3.38. The molecule has 0 aromatic rings. The van der Waals surface area contributed by atoms with Gasteiger partial charge in [-0.3, -0.25) is 4.79 Å². The van der Waals surface area contributed by atoms with Crippen LogP contribution >= 0.6 is 0 Å². The predicted molar refractivity (Wildman–Crippen MR) is 66.5 cm³/mol. The Hall–Kier alpha value is -1.36. The highest BCUT2D eigenvalue weighted by atomic mass is 16.1. The van der Waals surface area contributed by atoms with E-state index in [1.54, 1.807) is 14.2 Å². The monoisotopic (exact) mass is 221 g/mol. The summed E-state index contributed by atoms with van der Waals surface area (Å²) in [6, 6.07) is 0. The van der Waals surface area contributed by atoms with Gasteiger partial charge in [0, 0.05) is 13.1 Å². The summed E-state index contributed by atoms with van der Waals surface area (Å²) in [6.45, 7) is 10.5. The van der Waals surface area contributed by atoms with Gasteiger partial charge in [-0.2, -0.15) is 0 Å². The zero-order chi connectivity index (χ0) is 12.4. The van der Waals surface area contributed by atoms with Crippen LogP contribution in [0.4, 0.5) is 0 Å². The molecule has 1 radical (unpaired) electrons. The Morgan fingerprint density at radius 2 is 2.00 bits per heavy atom. The first-order valence-electron chi connectivity index (χ1n) is 5.22. The molecule has 0 rings (SSSR count). The molecule has 0 aromatic heterocycles. The molecule has 0 heterocycles. The molecule has 0 fully saturated rings. The molecule has 0 saturated carbocycles. The van der Waals surface area contributed by atoms with E-state index in [-0.39, 0.29) is 11.6 Å². The summed E-state index contributed by atoms with van der Waals surface area (Å²) in [5, 5.41) is 5.74. The van der Waals surface area contributed by atoms with Crippen molar-refractivity contribution in [3.63, 3.8) is 0 Å². The highest BCUT2D eigenvalue weighted by Gasteiger charge is 2.03. The van der Waals surface area contributed by atoms with E-state index < -0.39 is 0 Å². The van der Waals surface area contributed by atoms with Crippen LogP contribution < -0.4 is 10.6 Å². The molecular weight excluding hydrogens is 203 g/mol. The van der Waals surface area contributed by atoms with E-state index >= 15 is 0 Å². The van der Waals surface area contributed by atoms with Gasteiger partial charge in [-0.05, 0) is 25.1 Å². The third kappa shape index (κ3) is 7.99. The van der Waals surface area contributed by atoms with Gasteiger partial charge in [0.1, 0.15) is 5.68 Å². The number of carbonyl (C=O) groups excluding carboxylic acids is 2. The number of nitrogens with one attached hydrogen (secondary N) is 2. The molecule has 0 aliphatic rings. The zero-order valence-corrected chi connectivity index (χ0v) is 9.71. The number of amides is 1. The van der Waals surface area contributed by atoms with Gasteiger partial charge in [0.05, 0.1) is 0 Å². The van der Waals surface area contributed by atoms with E-state index in [1.165, 1.54) is 6.08 Å². The van der Waals surface area contributed by atoms with Gasteiger partial charge in [-0.15, -0.1) is 0 Å². The minimum Gasteiger partial charge on any atom is -0.351 e. The molecule has 0 atom stereocenters. The normalized spacial score (nSPS) is 9.31. The molecule has 87 valence electrons. The van der Waals surface area contributed by atoms with Gasteiger partial charge in [0.2, 0.25) is 13.2 Å². The van der Waals surface area contributed by atoms with Crippen molar-refractivity contribution in [1.82, 2.24) is 10.6 Å². The van der Waals surface area contributed by atoms with Crippen molar-refractivity contribution in [3.05, 3.63) is 24.8 Å². The first kappa shape index (κ1) is 14.6. The third-order valence-corrected chi connectivity index (χ3v) is 1.86. The van der Waals surface area contributed by atoms with Crippen LogP contribution in [0.3, 0.4) is 0 Å². The summed E-state index contributed by atoms with van der Waals surface area (Å²) in [5.74, 6) is -0.175. The van der Waals surface area contributed by atoms with Gasteiger partial charge in [0.15, 0.2) is 0 Å². The fourth-order valence-corrected chi connectivity index (χ4v) is 0.951. The number of carbonyl (C=O) groups is 2. The van der Waals surface area contributed by atoms with Crippen molar-refractivity contribution in [2.24, 2.45) is 0 Å². The van der Waals surface area contributed by atoms with Crippen LogP contribution in [0.2, 0.25) is 6.32 Å². The van der Waals surface area contributed by atoms with Crippen molar-refractivity contribution < 1.29 is 9.59 Å². The number of allylic oxidation sites excluding steroid dienone is 1. The van der Waals surface area contributed by atoms with E-state index in [0.717, 1.165) is 0 Å². The van der Waals surface area contributed by atoms with Crippen LogP contribution in [0.15, 0.2) is 24.8 Å². The second-order valence-corrected chi connectivity index (χ2v) is 3.38. The summed E-state index contributed by atoms with van der Waals surface area (Å²) in [4.78, 5) is 21.9. The largest absolute Gasteiger partial charge is 0.351 e. The summed E-state index contributed by atoms with van der Waals surface area (Å²) in [5.41, 5.74) is 0.542. The number of hydrogen-bond acceptors (Lipinski definition) is 3. The van der Waals surface area contributed by atoms with Gasteiger partial charge in [-0.1, -0.05) is 19.5 Å².